The van der Waals surface area contributed by atoms with Gasteiger partial charge in [-0.25, -0.2) is 0 Å². The number of anilines is 2. The number of thiophene rings is 1. The molecule has 3 N–H and O–H groups in total. The van der Waals surface area contributed by atoms with Crippen molar-refractivity contribution in [2.24, 2.45) is 0 Å². The monoisotopic (exact) mass is 473 g/mol. The molecule has 2 aromatic heterocycles. The van der Waals surface area contributed by atoms with Gasteiger partial charge in [0.25, 0.3) is 11.8 Å². The van der Waals surface area contributed by atoms with E-state index < -0.39 is 5.54 Å². The molecule has 0 aliphatic heterocycles. The molecule has 0 saturated heterocycles. The molecule has 1 fully saturated rings. The number of aromatic nitrogens is 2. The molecule has 0 spiro atoms. The second-order valence-corrected chi connectivity index (χ2v) is 10.2. The van der Waals surface area contributed by atoms with Crippen molar-refractivity contribution in [2.75, 3.05) is 17.3 Å². The first-order valence-electron chi connectivity index (χ1n) is 11.3. The van der Waals surface area contributed by atoms with Crippen molar-refractivity contribution in [2.45, 2.75) is 38.3 Å². The Morgan fingerprint density at radius 3 is 2.47 bits per heavy atom. The van der Waals surface area contributed by atoms with E-state index in [2.05, 4.69) is 20.8 Å². The average Bonchev–Trinajstić information content (AvgIpc) is 3.40. The van der Waals surface area contributed by atoms with Gasteiger partial charge in [0.1, 0.15) is 10.6 Å². The number of hydrogen-bond acceptors (Lipinski definition) is 5. The van der Waals surface area contributed by atoms with Crippen LogP contribution in [0.3, 0.4) is 0 Å². The molecule has 34 heavy (non-hydrogen) atoms. The number of nitrogens with one attached hydrogen (secondary N) is 3. The molecular formula is C26H27N5O2S. The predicted octanol–water partition coefficient (Wildman–Crippen LogP) is 5.14. The molecule has 0 bridgehead atoms. The maximum Gasteiger partial charge on any atom is 0.262 e. The number of rotatable bonds is 7. The number of carbonyl (C=O) groups is 2. The smallest absolute Gasteiger partial charge is 0.262 e. The third-order valence-electron chi connectivity index (χ3n) is 6.10. The van der Waals surface area contributed by atoms with Crippen LogP contribution in [0, 0.1) is 0 Å². The maximum absolute atomic E-state index is 13.1. The van der Waals surface area contributed by atoms with Crippen LogP contribution in [0.5, 0.6) is 0 Å². The van der Waals surface area contributed by atoms with Crippen molar-refractivity contribution >= 4 is 44.9 Å². The Labute approximate surface area is 202 Å². The van der Waals surface area contributed by atoms with Gasteiger partial charge in [0.15, 0.2) is 0 Å². The van der Waals surface area contributed by atoms with Crippen LogP contribution in [0.1, 0.15) is 52.3 Å². The zero-order chi connectivity index (χ0) is 23.9. The zero-order valence-electron chi connectivity index (χ0n) is 19.4. The van der Waals surface area contributed by atoms with Gasteiger partial charge in [-0.15, -0.1) is 11.3 Å². The molecule has 1 aliphatic carbocycles. The van der Waals surface area contributed by atoms with E-state index in [1.807, 2.05) is 68.4 Å². The van der Waals surface area contributed by atoms with Gasteiger partial charge in [-0.3, -0.25) is 19.6 Å². The fourth-order valence-corrected chi connectivity index (χ4v) is 4.79. The Kier molecular flexibility index (Phi) is 5.61. The summed E-state index contributed by atoms with van der Waals surface area (Å²) >= 11 is 1.30. The van der Waals surface area contributed by atoms with Gasteiger partial charge in [0.2, 0.25) is 0 Å². The summed E-state index contributed by atoms with van der Waals surface area (Å²) < 4.78 is 0. The van der Waals surface area contributed by atoms with Crippen LogP contribution in [0.4, 0.5) is 11.5 Å². The quantitative estimate of drug-likeness (QED) is 0.347. The third kappa shape index (κ3) is 4.41. The summed E-state index contributed by atoms with van der Waals surface area (Å²) in [5.74, 6) is 0.249. The largest absolute Gasteiger partial charge is 0.382 e. The number of benzene rings is 2. The van der Waals surface area contributed by atoms with Crippen molar-refractivity contribution in [3.05, 3.63) is 76.7 Å². The standard InChI is InChI=1S/C26H27N5O2S/c1-26(2,17-7-5-4-6-8-17)28-23(32)21-15-20-22(29-30-24(20)34-21)31(3)25(33)16-9-11-18(12-10-16)27-19-13-14-19/h4-12,15,19,27H,13-14H2,1-3H3,(H,28,32)(H,29,30). The molecule has 2 aromatic carbocycles. The number of fused-ring (bicyclic) bond motifs is 1. The lowest BCUT2D eigenvalue weighted by atomic mass is 9.94. The number of amides is 2. The highest BCUT2D eigenvalue weighted by atomic mass is 32.1. The van der Waals surface area contributed by atoms with E-state index in [0.717, 1.165) is 16.6 Å². The summed E-state index contributed by atoms with van der Waals surface area (Å²) in [5.41, 5.74) is 2.11. The zero-order valence-corrected chi connectivity index (χ0v) is 20.2. The fourth-order valence-electron chi connectivity index (χ4n) is 3.91. The molecule has 174 valence electrons. The van der Waals surface area contributed by atoms with Gasteiger partial charge in [-0.05, 0) is 62.6 Å². The molecule has 4 aromatic rings. The van der Waals surface area contributed by atoms with Crippen LogP contribution in [-0.2, 0) is 5.54 Å². The number of hydrogen-bond donors (Lipinski definition) is 3. The molecule has 2 heterocycles. The van der Waals surface area contributed by atoms with Gasteiger partial charge in [-0.2, -0.15) is 5.10 Å². The Hall–Kier alpha value is -3.65. The van der Waals surface area contributed by atoms with Crippen molar-refractivity contribution in [1.29, 1.82) is 0 Å². The van der Waals surface area contributed by atoms with Crippen molar-refractivity contribution in [3.8, 4) is 0 Å². The fraction of sp³-hybridized carbons (Fsp3) is 0.269. The summed E-state index contributed by atoms with van der Waals surface area (Å²) in [6, 6.07) is 19.7. The molecule has 5 rings (SSSR count). The SMILES string of the molecule is CN(C(=O)c1ccc(NC2CC2)cc1)c1[nH]nc2sc(C(=O)NC(C)(C)c3ccccc3)cc12. The minimum Gasteiger partial charge on any atom is -0.382 e. The molecule has 8 heteroatoms. The lowest BCUT2D eigenvalue weighted by molar-refractivity contribution is 0.0915. The van der Waals surface area contributed by atoms with Crippen molar-refractivity contribution < 1.29 is 9.59 Å². The minimum absolute atomic E-state index is 0.147. The van der Waals surface area contributed by atoms with E-state index in [4.69, 9.17) is 0 Å². The van der Waals surface area contributed by atoms with E-state index in [-0.39, 0.29) is 11.8 Å². The molecule has 2 amide bonds. The molecule has 7 nitrogen and oxygen atoms in total. The van der Waals surface area contributed by atoms with Crippen molar-refractivity contribution in [3.63, 3.8) is 0 Å². The molecule has 0 radical (unpaired) electrons. The Bertz CT molecular complexity index is 1340. The van der Waals surface area contributed by atoms with E-state index in [1.165, 1.54) is 24.2 Å². The van der Waals surface area contributed by atoms with E-state index in [1.54, 1.807) is 18.0 Å². The molecular weight excluding hydrogens is 446 g/mol. The number of nitrogens with zero attached hydrogens (tertiary/aromatic N) is 2. The molecule has 1 aliphatic rings. The molecule has 1 saturated carbocycles. The van der Waals surface area contributed by atoms with E-state index in [0.29, 0.717) is 27.1 Å². The minimum atomic E-state index is -0.526. The number of H-pyrrole nitrogens is 1. The second kappa shape index (κ2) is 8.61. The summed E-state index contributed by atoms with van der Waals surface area (Å²) in [4.78, 5) is 28.9. The predicted molar refractivity (Wildman–Crippen MR) is 137 cm³/mol. The Morgan fingerprint density at radius 1 is 1.09 bits per heavy atom. The highest BCUT2D eigenvalue weighted by Crippen LogP contribution is 2.32. The first kappa shape index (κ1) is 22.2. The van der Waals surface area contributed by atoms with Crippen LogP contribution < -0.4 is 15.5 Å². The van der Waals surface area contributed by atoms with Gasteiger partial charge in [0, 0.05) is 24.3 Å². The lowest BCUT2D eigenvalue weighted by Crippen LogP contribution is -2.40. The highest BCUT2D eigenvalue weighted by molar-refractivity contribution is 7.20. The van der Waals surface area contributed by atoms with Crippen LogP contribution in [0.15, 0.2) is 60.7 Å². The summed E-state index contributed by atoms with van der Waals surface area (Å²) in [7, 11) is 1.71. The lowest BCUT2D eigenvalue weighted by Gasteiger charge is -2.26. The second-order valence-electron chi connectivity index (χ2n) is 9.21. The molecule has 0 atom stereocenters. The van der Waals surface area contributed by atoms with E-state index in [9.17, 15) is 9.59 Å². The first-order valence-corrected chi connectivity index (χ1v) is 12.1. The first-order chi connectivity index (χ1) is 16.3. The number of aromatic amines is 1. The van der Waals surface area contributed by atoms with Crippen LogP contribution in [0.2, 0.25) is 0 Å². The summed E-state index contributed by atoms with van der Waals surface area (Å²) in [5, 5.41) is 14.6. The van der Waals surface area contributed by atoms with Gasteiger partial charge < -0.3 is 10.6 Å². The summed E-state index contributed by atoms with van der Waals surface area (Å²) in [6.45, 7) is 3.95. The van der Waals surface area contributed by atoms with Gasteiger partial charge >= 0.3 is 0 Å². The topological polar surface area (TPSA) is 90.1 Å². The Morgan fingerprint density at radius 2 is 1.79 bits per heavy atom. The van der Waals surface area contributed by atoms with Crippen LogP contribution in [-0.4, -0.2) is 35.1 Å². The maximum atomic E-state index is 13.1. The third-order valence-corrected chi connectivity index (χ3v) is 7.12. The number of carbonyl (C=O) groups excluding carboxylic acids is 2. The Balaban J connectivity index is 1.33. The van der Waals surface area contributed by atoms with Crippen LogP contribution in [0.25, 0.3) is 10.2 Å². The molecule has 0 unspecified atom stereocenters. The van der Waals surface area contributed by atoms with E-state index >= 15 is 0 Å². The van der Waals surface area contributed by atoms with Crippen LogP contribution >= 0.6 is 11.3 Å². The average molecular weight is 474 g/mol. The highest BCUT2D eigenvalue weighted by Gasteiger charge is 2.26. The summed E-state index contributed by atoms with van der Waals surface area (Å²) in [6.07, 6.45) is 2.40. The van der Waals surface area contributed by atoms with Crippen molar-refractivity contribution in [1.82, 2.24) is 15.5 Å². The normalized spacial score (nSPS) is 13.6. The van der Waals surface area contributed by atoms with Gasteiger partial charge in [0.05, 0.1) is 15.8 Å². The van der Waals surface area contributed by atoms with Gasteiger partial charge in [-0.1, -0.05) is 30.3 Å².